The van der Waals surface area contributed by atoms with Crippen LogP contribution in [0, 0.1) is 11.2 Å². The van der Waals surface area contributed by atoms with Crippen LogP contribution in [0.3, 0.4) is 0 Å². The van der Waals surface area contributed by atoms with Crippen LogP contribution in [0.4, 0.5) is 10.1 Å². The van der Waals surface area contributed by atoms with Crippen molar-refractivity contribution in [3.8, 4) is 0 Å². The molecular formula is C26H30Cl2FN3O3. The number of carbonyl (C=O) groups excluding carboxylic acids is 2. The van der Waals surface area contributed by atoms with Crippen molar-refractivity contribution in [3.05, 3.63) is 63.4 Å². The SMILES string of the molecule is CC(C)(C)C[C@H]1N[C@@H](C(=O)NCCCO)[C@H](c2cccc(Cl)c2)[C@@]12C(=O)Nc1cc(Cl)c(F)cc12. The van der Waals surface area contributed by atoms with E-state index in [0.717, 1.165) is 0 Å². The fraction of sp³-hybridized carbons (Fsp3) is 0.462. The van der Waals surface area contributed by atoms with Gasteiger partial charge in [0.05, 0.1) is 11.1 Å². The number of aliphatic hydroxyl groups is 1. The highest BCUT2D eigenvalue weighted by Crippen LogP contribution is 2.57. The Morgan fingerprint density at radius 3 is 2.63 bits per heavy atom. The third-order valence-electron chi connectivity index (χ3n) is 6.83. The maximum Gasteiger partial charge on any atom is 0.237 e. The molecule has 0 unspecified atom stereocenters. The molecule has 1 fully saturated rings. The molecule has 2 aromatic carbocycles. The first kappa shape index (κ1) is 25.9. The number of aliphatic hydroxyl groups excluding tert-OH is 1. The lowest BCUT2D eigenvalue weighted by Gasteiger charge is -2.37. The summed E-state index contributed by atoms with van der Waals surface area (Å²) in [7, 11) is 0. The van der Waals surface area contributed by atoms with E-state index in [9.17, 15) is 14.0 Å². The molecule has 0 aromatic heterocycles. The van der Waals surface area contributed by atoms with Crippen LogP contribution in [0.25, 0.3) is 0 Å². The lowest BCUT2D eigenvalue weighted by atomic mass is 9.62. The quantitative estimate of drug-likeness (QED) is 0.424. The van der Waals surface area contributed by atoms with E-state index in [1.807, 2.05) is 6.07 Å². The van der Waals surface area contributed by atoms with E-state index < -0.39 is 29.2 Å². The van der Waals surface area contributed by atoms with Gasteiger partial charge in [0.1, 0.15) is 11.2 Å². The average Bonchev–Trinajstić information content (AvgIpc) is 3.23. The highest BCUT2D eigenvalue weighted by atomic mass is 35.5. The molecule has 0 bridgehead atoms. The molecule has 0 radical (unpaired) electrons. The summed E-state index contributed by atoms with van der Waals surface area (Å²) in [5, 5.41) is 18.8. The van der Waals surface area contributed by atoms with E-state index in [-0.39, 0.29) is 28.9 Å². The molecule has 4 rings (SSSR count). The van der Waals surface area contributed by atoms with Gasteiger partial charge < -0.3 is 21.1 Å². The Bertz CT molecular complexity index is 1150. The summed E-state index contributed by atoms with van der Waals surface area (Å²) in [6, 6.07) is 8.56. The van der Waals surface area contributed by atoms with Crippen molar-refractivity contribution in [2.45, 2.75) is 57.0 Å². The second-order valence-corrected chi connectivity index (χ2v) is 11.3. The van der Waals surface area contributed by atoms with Gasteiger partial charge in [-0.05, 0) is 53.6 Å². The summed E-state index contributed by atoms with van der Waals surface area (Å²) in [6.45, 7) is 6.41. The van der Waals surface area contributed by atoms with Crippen molar-refractivity contribution < 1.29 is 19.1 Å². The zero-order chi connectivity index (χ0) is 25.5. The predicted molar refractivity (Wildman–Crippen MR) is 135 cm³/mol. The number of hydrogen-bond donors (Lipinski definition) is 4. The Kier molecular flexibility index (Phi) is 7.17. The van der Waals surface area contributed by atoms with Crippen molar-refractivity contribution in [2.24, 2.45) is 5.41 Å². The number of carbonyl (C=O) groups is 2. The molecule has 2 aliphatic rings. The van der Waals surface area contributed by atoms with E-state index >= 15 is 0 Å². The molecule has 2 aliphatic heterocycles. The lowest BCUT2D eigenvalue weighted by molar-refractivity contribution is -0.123. The minimum absolute atomic E-state index is 0.0531. The van der Waals surface area contributed by atoms with Gasteiger partial charge in [-0.2, -0.15) is 0 Å². The number of anilines is 1. The molecule has 2 amide bonds. The van der Waals surface area contributed by atoms with Crippen molar-refractivity contribution in [1.82, 2.24) is 10.6 Å². The monoisotopic (exact) mass is 521 g/mol. The molecule has 6 nitrogen and oxygen atoms in total. The van der Waals surface area contributed by atoms with Gasteiger partial charge in [0.25, 0.3) is 0 Å². The molecule has 0 aliphatic carbocycles. The van der Waals surface area contributed by atoms with Crippen LogP contribution in [-0.2, 0) is 15.0 Å². The number of benzene rings is 2. The van der Waals surface area contributed by atoms with Gasteiger partial charge in [0.2, 0.25) is 11.8 Å². The number of halogens is 3. The summed E-state index contributed by atoms with van der Waals surface area (Å²) in [4.78, 5) is 27.4. The predicted octanol–water partition coefficient (Wildman–Crippen LogP) is 4.38. The van der Waals surface area contributed by atoms with Gasteiger partial charge >= 0.3 is 0 Å². The smallest absolute Gasteiger partial charge is 0.237 e. The number of amides is 2. The third-order valence-corrected chi connectivity index (χ3v) is 7.35. The second-order valence-electron chi connectivity index (χ2n) is 10.5. The Labute approximate surface area is 214 Å². The number of hydrogen-bond acceptors (Lipinski definition) is 4. The summed E-state index contributed by atoms with van der Waals surface area (Å²) in [5.74, 6) is -1.91. The topological polar surface area (TPSA) is 90.5 Å². The Morgan fingerprint density at radius 2 is 1.97 bits per heavy atom. The standard InChI is InChI=1S/C26H30Cl2FN3O3/c1-25(2,3)13-20-26(16-11-18(29)17(28)12-19(16)31-24(26)35)21(14-6-4-7-15(27)10-14)22(32-20)23(34)30-8-5-9-33/h4,6-7,10-12,20-22,32-33H,5,8-9,13H2,1-3H3,(H,30,34)(H,31,35)/t20-,21+,22-,26+/m1/s1. The van der Waals surface area contributed by atoms with E-state index in [2.05, 4.69) is 36.7 Å². The van der Waals surface area contributed by atoms with Gasteiger partial charge in [0, 0.05) is 35.8 Å². The Morgan fingerprint density at radius 1 is 1.23 bits per heavy atom. The molecule has 1 saturated heterocycles. The molecule has 9 heteroatoms. The molecule has 2 aromatic rings. The summed E-state index contributed by atoms with van der Waals surface area (Å²) in [6.07, 6.45) is 0.950. The third kappa shape index (κ3) is 4.67. The molecule has 0 saturated carbocycles. The van der Waals surface area contributed by atoms with Crippen molar-refractivity contribution >= 4 is 40.7 Å². The maximum absolute atomic E-state index is 14.8. The summed E-state index contributed by atoms with van der Waals surface area (Å²) < 4.78 is 14.8. The minimum Gasteiger partial charge on any atom is -0.396 e. The number of rotatable bonds is 6. The van der Waals surface area contributed by atoms with Crippen LogP contribution in [0.1, 0.15) is 50.7 Å². The summed E-state index contributed by atoms with van der Waals surface area (Å²) in [5.41, 5.74) is 0.122. The first-order chi connectivity index (χ1) is 16.5. The molecule has 188 valence electrons. The number of nitrogens with one attached hydrogen (secondary N) is 3. The summed E-state index contributed by atoms with van der Waals surface area (Å²) >= 11 is 12.4. The van der Waals surface area contributed by atoms with Gasteiger partial charge in [-0.25, -0.2) is 4.39 Å². The van der Waals surface area contributed by atoms with E-state index in [1.54, 1.807) is 18.2 Å². The highest BCUT2D eigenvalue weighted by molar-refractivity contribution is 6.31. The van der Waals surface area contributed by atoms with Crippen LogP contribution < -0.4 is 16.0 Å². The van der Waals surface area contributed by atoms with Gasteiger partial charge in [-0.3, -0.25) is 9.59 Å². The molecule has 4 N–H and O–H groups in total. The Hall–Kier alpha value is -2.19. The van der Waals surface area contributed by atoms with E-state index in [0.29, 0.717) is 41.2 Å². The van der Waals surface area contributed by atoms with Crippen LogP contribution >= 0.6 is 23.2 Å². The highest BCUT2D eigenvalue weighted by Gasteiger charge is 2.65. The fourth-order valence-corrected chi connectivity index (χ4v) is 5.90. The molecular weight excluding hydrogens is 492 g/mol. The molecule has 4 atom stereocenters. The zero-order valence-corrected chi connectivity index (χ0v) is 21.4. The zero-order valence-electron chi connectivity index (χ0n) is 19.9. The minimum atomic E-state index is -1.28. The van der Waals surface area contributed by atoms with Crippen molar-refractivity contribution in [1.29, 1.82) is 0 Å². The van der Waals surface area contributed by atoms with E-state index in [1.165, 1.54) is 12.1 Å². The fourth-order valence-electron chi connectivity index (χ4n) is 5.53. The Balaban J connectivity index is 1.95. The first-order valence-electron chi connectivity index (χ1n) is 11.7. The lowest BCUT2D eigenvalue weighted by Crippen LogP contribution is -2.49. The average molecular weight is 522 g/mol. The van der Waals surface area contributed by atoms with Crippen molar-refractivity contribution in [3.63, 3.8) is 0 Å². The molecule has 1 spiro atoms. The van der Waals surface area contributed by atoms with E-state index in [4.69, 9.17) is 28.3 Å². The van der Waals surface area contributed by atoms with Crippen LogP contribution in [-0.4, -0.2) is 42.2 Å². The normalized spacial score (nSPS) is 25.6. The van der Waals surface area contributed by atoms with Crippen LogP contribution in [0.2, 0.25) is 10.0 Å². The van der Waals surface area contributed by atoms with Gasteiger partial charge in [-0.15, -0.1) is 0 Å². The molecule has 2 heterocycles. The second kappa shape index (κ2) is 9.69. The van der Waals surface area contributed by atoms with Gasteiger partial charge in [0.15, 0.2) is 0 Å². The molecule has 35 heavy (non-hydrogen) atoms. The first-order valence-corrected chi connectivity index (χ1v) is 12.5. The van der Waals surface area contributed by atoms with Gasteiger partial charge in [-0.1, -0.05) is 56.1 Å². The largest absolute Gasteiger partial charge is 0.396 e. The van der Waals surface area contributed by atoms with Crippen molar-refractivity contribution in [2.75, 3.05) is 18.5 Å². The maximum atomic E-state index is 14.8. The number of fused-ring (bicyclic) bond motifs is 2. The van der Waals surface area contributed by atoms with Crippen LogP contribution in [0.5, 0.6) is 0 Å². The van der Waals surface area contributed by atoms with Crippen LogP contribution in [0.15, 0.2) is 36.4 Å².